The molecule has 12 rings (SSSR count). The summed E-state index contributed by atoms with van der Waals surface area (Å²) in [6.07, 6.45) is 10.4. The number of pyridine rings is 6. The third-order valence-corrected chi connectivity index (χ3v) is 20.2. The fourth-order valence-electron chi connectivity index (χ4n) is 12.3. The fraction of sp³-hybridized carbons (Fsp3) is 0.236. The number of carbonyl (C=O) groups is 9. The van der Waals surface area contributed by atoms with Crippen molar-refractivity contribution in [1.29, 1.82) is 0 Å². The summed E-state index contributed by atoms with van der Waals surface area (Å²) in [7, 11) is 0. The van der Waals surface area contributed by atoms with E-state index in [1.54, 1.807) is 182 Å². The second-order valence-electron chi connectivity index (χ2n) is 31.3. The van der Waals surface area contributed by atoms with Gasteiger partial charge in [0.1, 0.15) is 55.2 Å². The number of benzene rings is 6. The molecule has 0 radical (unpaired) electrons. The second kappa shape index (κ2) is 55.0. The maximum Gasteiger partial charge on any atom is 3.00 e. The van der Waals surface area contributed by atoms with E-state index in [9.17, 15) is 43.2 Å². The van der Waals surface area contributed by atoms with Crippen LogP contribution in [-0.4, -0.2) is 124 Å². The van der Waals surface area contributed by atoms with Crippen LogP contribution in [0.25, 0.3) is 67.5 Å². The van der Waals surface area contributed by atoms with Gasteiger partial charge >= 0.3 is 94.3 Å². The monoisotopic (exact) mass is 2180 g/mol. The normalized spacial score (nSPS) is 10.9. The predicted octanol–water partition coefficient (Wildman–Crippen LogP) is 21.2. The topological polar surface area (TPSA) is 350 Å². The van der Waals surface area contributed by atoms with Crippen molar-refractivity contribution in [1.82, 2.24) is 40.5 Å². The van der Waals surface area contributed by atoms with Crippen LogP contribution in [0, 0.1) is 57.8 Å². The van der Waals surface area contributed by atoms with E-state index in [-0.39, 0.29) is 110 Å². The van der Waals surface area contributed by atoms with E-state index in [2.05, 4.69) is 87.4 Å². The van der Waals surface area contributed by atoms with Gasteiger partial charge in [0.25, 0.3) is 0 Å². The van der Waals surface area contributed by atoms with Crippen molar-refractivity contribution in [2.45, 2.75) is 108 Å². The molecule has 6 aromatic carbocycles. The molecule has 0 saturated carbocycles. The molecule has 135 heavy (non-hydrogen) atoms. The van der Waals surface area contributed by atoms with E-state index in [1.165, 1.54) is 0 Å². The molecular formula is C106H111Ir2N9O18. The van der Waals surface area contributed by atoms with E-state index in [0.717, 1.165) is 89.5 Å². The average molecular weight is 2180 g/mol. The predicted molar refractivity (Wildman–Crippen MR) is 509 cm³/mol. The summed E-state index contributed by atoms with van der Waals surface area (Å²) >= 11 is 0. The SMILES string of the molecule is [CH2-]c1ccc(NC(=O)OCCOC(=O)C(C)(C)CC)cc1-c1ccccn1.[CH2-]c1ccc(OC(=O)CC)cc1-c1ccccn1.[CH2-]c1ccc(OC(=O)CC)cc1-c1ccccn1.[CH2-]c1ccc(OC(=O)CC)cc1-c1ccccn1.[CH2-]c1ccc(OC(=O)NCCOC(=O)C(C)(C)CC(C)(CC)C(=O)OCCNC(=O)Oc2ccc([CH2-])c(-c3ccccn3)c2)cc1-c1ccccn1.[Ir+3].[Ir+3]. The van der Waals surface area contributed by atoms with Gasteiger partial charge < -0.3 is 53.3 Å². The summed E-state index contributed by atoms with van der Waals surface area (Å²) in [5, 5.41) is 7.78. The van der Waals surface area contributed by atoms with Gasteiger partial charge in [-0.25, -0.2) is 14.4 Å². The standard InChI is InChI=1S/C40H44N4O8.C21H25N2O4.3C15H14NO2.2Ir/c1-7-40(6,36(46)50-23-21-44-38(48)52-30-17-15-28(3)32(25-30)34-13-9-11-19-42-34)26-39(4,5)35(45)49-22-20-43-37(47)51-29-16-14-27(2)31(24-29)33-12-8-10-18-41-33;1-5-21(3,4)19(24)26-12-13-27-20(25)23-16-10-9-15(2)17(14-16)18-8-6-7-11-22-18;3*1-3-15(17)18-12-8-7-11(2)13(10-12)14-6-4-5-9-16-14;;/h8-19,24-25H,2-3,7,20-23,26H2,1,4-6H3,(H,43,47)(H,44,48);6-11,14H,2,5,12-13H2,1,3-4H3,(H,23,25);3*4-10H,2-3H2,1H3;;/q-2;4*-1;2*+3. The number of carbonyl (C=O) groups excluding carboxylic acids is 9. The van der Waals surface area contributed by atoms with Crippen molar-refractivity contribution in [2.24, 2.45) is 16.2 Å². The molecule has 0 spiro atoms. The number of aromatic nitrogens is 6. The molecule has 12 aromatic rings. The van der Waals surface area contributed by atoms with Gasteiger partial charge in [0.15, 0.2) is 0 Å². The minimum atomic E-state index is -1.05. The molecule has 3 amide bonds. The van der Waals surface area contributed by atoms with Crippen LogP contribution in [0.2, 0.25) is 0 Å². The van der Waals surface area contributed by atoms with Gasteiger partial charge in [0.05, 0.1) is 29.3 Å². The first-order valence-electron chi connectivity index (χ1n) is 43.0. The van der Waals surface area contributed by atoms with E-state index in [0.29, 0.717) is 77.9 Å². The molecule has 3 N–H and O–H groups in total. The molecule has 27 nitrogen and oxygen atoms in total. The molecular weight excluding hydrogens is 2070 g/mol. The molecule has 6 aromatic heterocycles. The van der Waals surface area contributed by atoms with Crippen molar-refractivity contribution >= 4 is 59.8 Å². The van der Waals surface area contributed by atoms with E-state index >= 15 is 0 Å². The minimum Gasteiger partial charge on any atom is -0.463 e. The van der Waals surface area contributed by atoms with E-state index < -0.39 is 46.5 Å². The third kappa shape index (κ3) is 35.1. The first kappa shape index (κ1) is 109. The summed E-state index contributed by atoms with van der Waals surface area (Å²) in [6, 6.07) is 65.0. The van der Waals surface area contributed by atoms with Crippen LogP contribution in [0.3, 0.4) is 0 Å². The Kier molecular flexibility index (Phi) is 44.5. The van der Waals surface area contributed by atoms with E-state index in [1.807, 2.05) is 143 Å². The quantitative estimate of drug-likeness (QED) is 0.0119. The fourth-order valence-corrected chi connectivity index (χ4v) is 12.3. The van der Waals surface area contributed by atoms with Gasteiger partial charge in [0.2, 0.25) is 0 Å². The smallest absolute Gasteiger partial charge is 0.463 e. The number of esters is 6. The number of ether oxygens (including phenoxy) is 9. The second-order valence-corrected chi connectivity index (χ2v) is 31.3. The first-order valence-corrected chi connectivity index (χ1v) is 43.0. The van der Waals surface area contributed by atoms with Gasteiger partial charge in [0, 0.05) is 96.3 Å². The van der Waals surface area contributed by atoms with Gasteiger partial charge in [-0.2, -0.15) is 111 Å². The van der Waals surface area contributed by atoms with Gasteiger partial charge in [-0.1, -0.05) is 172 Å². The molecule has 0 aliphatic rings. The molecule has 0 bridgehead atoms. The van der Waals surface area contributed by atoms with Crippen molar-refractivity contribution in [3.63, 3.8) is 0 Å². The Balaban J connectivity index is 0.000000282. The van der Waals surface area contributed by atoms with Gasteiger partial charge in [-0.05, 0) is 127 Å². The summed E-state index contributed by atoms with van der Waals surface area (Å²) < 4.78 is 47.4. The van der Waals surface area contributed by atoms with Crippen LogP contribution in [0.4, 0.5) is 20.1 Å². The van der Waals surface area contributed by atoms with Crippen LogP contribution in [-0.2, 0) is 87.9 Å². The minimum absolute atomic E-state index is 0. The molecule has 1 atom stereocenters. The van der Waals surface area contributed by atoms with Crippen LogP contribution < -0.4 is 39.6 Å². The summed E-state index contributed by atoms with van der Waals surface area (Å²) in [5.74, 6) is 0.0713. The number of amides is 3. The number of nitrogens with zero attached hydrogens (tertiary/aromatic N) is 6. The Morgan fingerprint density at radius 2 is 0.563 bits per heavy atom. The Bertz CT molecular complexity index is 5620. The molecule has 1 unspecified atom stereocenters. The zero-order valence-corrected chi connectivity index (χ0v) is 82.0. The maximum absolute atomic E-state index is 13.1. The Morgan fingerprint density at radius 3 is 0.844 bits per heavy atom. The van der Waals surface area contributed by atoms with Crippen molar-refractivity contribution in [3.8, 4) is 96.3 Å². The zero-order valence-electron chi connectivity index (χ0n) is 77.2. The molecule has 0 aliphatic carbocycles. The Labute approximate surface area is 816 Å². The van der Waals surface area contributed by atoms with Crippen molar-refractivity contribution in [3.05, 3.63) is 330 Å². The largest absolute Gasteiger partial charge is 3.00 e. The van der Waals surface area contributed by atoms with Crippen molar-refractivity contribution in [2.75, 3.05) is 44.8 Å². The average Bonchev–Trinajstić information content (AvgIpc) is 0.800. The molecule has 29 heteroatoms. The zero-order chi connectivity index (χ0) is 96.5. The molecule has 0 saturated heterocycles. The summed E-state index contributed by atoms with van der Waals surface area (Å²) in [4.78, 5) is 134. The number of hydrogen-bond acceptors (Lipinski definition) is 24. The van der Waals surface area contributed by atoms with Crippen LogP contribution in [0.5, 0.6) is 28.7 Å². The Hall–Kier alpha value is -14.6. The molecule has 0 aliphatic heterocycles. The first-order chi connectivity index (χ1) is 63.7. The maximum atomic E-state index is 13.1. The van der Waals surface area contributed by atoms with Gasteiger partial charge in [-0.15, -0.1) is 5.56 Å². The Morgan fingerprint density at radius 1 is 0.296 bits per heavy atom. The molecule has 6 heterocycles. The van der Waals surface area contributed by atoms with Crippen molar-refractivity contribution < 1.29 is 126 Å². The number of rotatable bonds is 31. The summed E-state index contributed by atoms with van der Waals surface area (Å²) in [5.41, 5.74) is 12.3. The number of hydrogen-bond donors (Lipinski definition) is 3. The number of nitrogens with one attached hydrogen (secondary N) is 3. The van der Waals surface area contributed by atoms with Gasteiger partial charge in [-0.3, -0.25) is 64.0 Å². The van der Waals surface area contributed by atoms with E-state index in [4.69, 9.17) is 42.6 Å². The molecule has 0 fully saturated rings. The van der Waals surface area contributed by atoms with Crippen LogP contribution >= 0.6 is 0 Å². The third-order valence-electron chi connectivity index (χ3n) is 20.2. The molecule has 706 valence electrons. The van der Waals surface area contributed by atoms with Crippen LogP contribution in [0.15, 0.2) is 256 Å². The van der Waals surface area contributed by atoms with Crippen LogP contribution in [0.1, 0.15) is 141 Å². The number of anilines is 1. The summed E-state index contributed by atoms with van der Waals surface area (Å²) in [6.45, 7) is 41.4.